The molecule has 24 nitrogen and oxygen atoms in total. The van der Waals surface area contributed by atoms with E-state index in [1.54, 1.807) is 44.2 Å². The number of carbonyl (C=O) groups excluding carboxylic acids is 4. The zero-order valence-electron chi connectivity index (χ0n) is 77.1. The Morgan fingerprint density at radius 2 is 1.05 bits per heavy atom. The quantitative estimate of drug-likeness (QED) is 0.0174. The first-order valence-corrected chi connectivity index (χ1v) is 50.3. The van der Waals surface area contributed by atoms with Crippen LogP contribution in [0.1, 0.15) is 164 Å². The second-order valence-electron chi connectivity index (χ2n) is 33.6. The molecule has 714 valence electrons. The number of hydrogen-bond donors (Lipinski definition) is 4. The van der Waals surface area contributed by atoms with Crippen molar-refractivity contribution in [3.05, 3.63) is 308 Å². The second-order valence-corrected chi connectivity index (χ2v) is 40.8. The Balaban J connectivity index is 0.000000178. The molecule has 2 atom stereocenters. The first kappa shape index (κ1) is 112. The van der Waals surface area contributed by atoms with Crippen LogP contribution in [0.5, 0.6) is 28.7 Å². The Bertz CT molecular complexity index is 5860. The standard InChI is InChI=1S/C24H21BrClNO2.C17H16BrNO.C12H12BrNO5.C10H8BrNO2.C10H10BrNO.C7H4BrClO.C6H3BrFNO2.C6H10O3.C4H7BO.C4H9.Li.Na.H/c25-18-7-8-20(26)19(13-18)23(28)17-6-9-22-21(12-17)27(15-24(29-22)10-11-24)14-16-4-2-1-3-5-16;18-14-6-7-16-15(10-14)19(12-17(20-16)8-9-17)11-13-4-2-1-3-5-13;1-2-18-11(15)12(5-6-12)19-10-4-3-8(13)7-9(10)14(16)17;11-6-1-2-8-7(5-6)12-9(13)10(14-8)3-4-10;11-7-1-2-9-8(5-7)12-6-10(13-9)3-4-10;8-6-1-2-7(9)5(3-6)4-10;7-4-1-2-5(8)6(3-4)9(10)11;1-2-9-5(7)6(8)3-4-6;5-4-2-1-3-6-4;1-3-4-2;;;/h1-9,12-13,23,28H,10-11,14-15H2;1-7,10H,8-9,11-12H2;3-4,7H,2,5-6H2,1H3;1-2,5H,3-4H2,(H,12,13);1-2,5,12H,3-4,6H2;1-4H;1-3H;8H,2-4H2,1H3;4H,1-3H2;1,3-4H2,2H3;;;/q;;;;;;;;;-1;2*+1;-1. The van der Waals surface area contributed by atoms with E-state index in [2.05, 4.69) is 229 Å². The molecular weight excluding hydrogens is 2260 g/mol. The second kappa shape index (κ2) is 51.2. The van der Waals surface area contributed by atoms with Crippen molar-refractivity contribution in [2.24, 2.45) is 0 Å². The van der Waals surface area contributed by atoms with Gasteiger partial charge in [0.05, 0.1) is 70.5 Å². The molecule has 4 spiro atoms. The van der Waals surface area contributed by atoms with Crippen LogP contribution in [0.4, 0.5) is 38.5 Å². The number of nitro benzene ring substituents is 2. The van der Waals surface area contributed by atoms with Crippen molar-refractivity contribution in [1.29, 1.82) is 0 Å². The van der Waals surface area contributed by atoms with E-state index in [1.165, 1.54) is 67.1 Å². The number of benzene rings is 10. The topological polar surface area (TPSA) is 299 Å². The van der Waals surface area contributed by atoms with Gasteiger partial charge in [-0.25, -0.2) is 9.59 Å². The first-order valence-electron chi connectivity index (χ1n) is 44.0. The van der Waals surface area contributed by atoms with Crippen molar-refractivity contribution in [2.75, 3.05) is 59.9 Å². The summed E-state index contributed by atoms with van der Waals surface area (Å²) in [4.78, 5) is 68.9. The van der Waals surface area contributed by atoms with Gasteiger partial charge in [0.15, 0.2) is 23.2 Å². The Hall–Kier alpha value is -7.11. The SMILES string of the molecule is Brc1ccc2c(c1)N(Cc1ccccc1)CC1(CC1)O2.Brc1ccc2c(c1)NCC1(CC1)O2.CCOC(=O)C1(O)CC1.CCOC(=O)C1(Oc2ccc(Br)cc2[N+](=O)[O-])CC1.O=C1Nc2cc(Br)ccc2OC12CC2.O=Cc1cc(Br)ccc1Cl.O=[N+]([O-])c1cc(Br)ccc1F.OC(c1ccc2c(c1)N(Cc1ccccc1)CC1(CC1)O2)c1cc(Br)ccc1Cl.[B]C1CCCO1.[CH2-]CCC.[H-].[Li+].[Na+]. The summed E-state index contributed by atoms with van der Waals surface area (Å²) in [7, 11) is 5.31. The van der Waals surface area contributed by atoms with Crippen molar-refractivity contribution in [1.82, 2.24) is 0 Å². The fourth-order valence-corrected chi connectivity index (χ4v) is 17.1. The fourth-order valence-electron chi connectivity index (χ4n) is 14.2. The minimum Gasteiger partial charge on any atom is -1.00 e. The maximum Gasteiger partial charge on any atom is 1.00 e. The van der Waals surface area contributed by atoms with Crippen molar-refractivity contribution in [2.45, 2.75) is 182 Å². The number of nitrogens with zero attached hydrogens (tertiary/aromatic N) is 4. The Kier molecular flexibility index (Phi) is 41.8. The monoisotopic (exact) mass is 2360 g/mol. The van der Waals surface area contributed by atoms with E-state index in [-0.39, 0.29) is 96.6 Å². The minimum atomic E-state index is -1.10. The van der Waals surface area contributed by atoms with Crippen molar-refractivity contribution in [3.63, 3.8) is 0 Å². The molecule has 6 aliphatic carbocycles. The predicted molar refractivity (Wildman–Crippen MR) is 547 cm³/mol. The third-order valence-corrected chi connectivity index (χ3v) is 26.9. The number of hydrogen-bond acceptors (Lipinski definition) is 21. The number of carbonyl (C=O) groups is 4. The summed E-state index contributed by atoms with van der Waals surface area (Å²) in [5.74, 6) is 1.99. The van der Waals surface area contributed by atoms with E-state index in [0.29, 0.717) is 62.4 Å². The van der Waals surface area contributed by atoms with E-state index in [4.69, 9.17) is 69.3 Å². The summed E-state index contributed by atoms with van der Waals surface area (Å²) < 4.78 is 62.6. The molecule has 10 aromatic carbocycles. The largest absolute Gasteiger partial charge is 1.00 e. The van der Waals surface area contributed by atoms with Gasteiger partial charge in [-0.1, -0.05) is 215 Å². The molecule has 2 unspecified atom stereocenters. The number of amides is 1. The molecule has 5 heterocycles. The molecule has 2 radical (unpaired) electrons. The molecule has 4 N–H and O–H groups in total. The number of ether oxygens (including phenoxy) is 8. The van der Waals surface area contributed by atoms with Crippen LogP contribution >= 0.6 is 135 Å². The number of halogens is 10. The van der Waals surface area contributed by atoms with Crippen molar-refractivity contribution in [3.8, 4) is 28.7 Å². The Morgan fingerprint density at radius 3 is 1.53 bits per heavy atom. The molecule has 37 heteroatoms. The van der Waals surface area contributed by atoms with Crippen LogP contribution in [0, 0.1) is 33.0 Å². The molecule has 1 amide bonds. The summed E-state index contributed by atoms with van der Waals surface area (Å²) in [5.41, 5.74) is 5.47. The zero-order chi connectivity index (χ0) is 97.0. The molecule has 5 aliphatic heterocycles. The predicted octanol–water partition coefficient (Wildman–Crippen LogP) is 19.9. The third kappa shape index (κ3) is 32.2. The Labute approximate surface area is 902 Å². The summed E-state index contributed by atoms with van der Waals surface area (Å²) >= 11 is 35.2. The summed E-state index contributed by atoms with van der Waals surface area (Å²) in [6.07, 6.45) is 15.1. The molecule has 10 aromatic rings. The number of anilines is 4. The van der Waals surface area contributed by atoms with Crippen molar-refractivity contribution >= 4 is 201 Å². The maximum absolute atomic E-state index is 12.6. The molecule has 0 aromatic heterocycles. The van der Waals surface area contributed by atoms with Gasteiger partial charge < -0.3 is 76.9 Å². The summed E-state index contributed by atoms with van der Waals surface area (Å²) in [5, 5.41) is 48.5. The van der Waals surface area contributed by atoms with Gasteiger partial charge in [0, 0.05) is 111 Å². The van der Waals surface area contributed by atoms with Crippen LogP contribution in [0.3, 0.4) is 0 Å². The van der Waals surface area contributed by atoms with Gasteiger partial charge in [0.25, 0.3) is 5.91 Å². The van der Waals surface area contributed by atoms with Crippen LogP contribution in [0.15, 0.2) is 238 Å². The van der Waals surface area contributed by atoms with Gasteiger partial charge >= 0.3 is 71.7 Å². The van der Waals surface area contributed by atoms with Gasteiger partial charge in [0.1, 0.15) is 53.8 Å². The molecule has 6 saturated carbocycles. The van der Waals surface area contributed by atoms with Gasteiger partial charge in [0.2, 0.25) is 11.4 Å². The van der Waals surface area contributed by atoms with E-state index < -0.39 is 56.2 Å². The van der Waals surface area contributed by atoms with Crippen LogP contribution in [-0.2, 0) is 41.7 Å². The van der Waals surface area contributed by atoms with Crippen LogP contribution in [-0.4, -0.2) is 131 Å². The molecule has 11 aliphatic rings. The number of aliphatic hydroxyl groups is 2. The summed E-state index contributed by atoms with van der Waals surface area (Å²) in [6.45, 7) is 15.2. The van der Waals surface area contributed by atoms with Gasteiger partial charge in [-0.3, -0.25) is 29.8 Å². The van der Waals surface area contributed by atoms with Crippen LogP contribution < -0.4 is 92.5 Å². The van der Waals surface area contributed by atoms with E-state index in [1.807, 2.05) is 66.7 Å². The number of esters is 2. The number of fused-ring (bicyclic) bond motifs is 4. The number of aldehydes is 1. The third-order valence-electron chi connectivity index (χ3n) is 22.8. The number of rotatable bonds is 16. The van der Waals surface area contributed by atoms with E-state index in [9.17, 15) is 48.9 Å². The Morgan fingerprint density at radius 1 is 0.591 bits per heavy atom. The number of nitro groups is 2. The average Bonchev–Trinajstić information content (AvgIpc) is 1.59. The van der Waals surface area contributed by atoms with E-state index in [0.717, 1.165) is 171 Å². The van der Waals surface area contributed by atoms with Crippen LogP contribution in [0.25, 0.3) is 0 Å². The normalized spacial score (nSPS) is 17.4. The van der Waals surface area contributed by atoms with Gasteiger partial charge in [-0.2, -0.15) is 10.8 Å². The smallest absolute Gasteiger partial charge is 1.00 e. The molecule has 1 saturated heterocycles. The van der Waals surface area contributed by atoms with Crippen LogP contribution in [0.2, 0.25) is 10.0 Å². The minimum absolute atomic E-state index is 0. The molecular formula is C100H101BBr7Cl2FLiN6NaO18. The molecule has 0 bridgehead atoms. The molecule has 7 fully saturated rings. The number of nitrogens with one attached hydrogen (secondary N) is 2. The summed E-state index contributed by atoms with van der Waals surface area (Å²) in [6, 6.07) is 63.8. The zero-order valence-corrected chi connectivity index (χ0v) is 90.7. The van der Waals surface area contributed by atoms with Gasteiger partial charge in [-0.15, -0.1) is 0 Å². The maximum atomic E-state index is 12.6. The average molecular weight is 2360 g/mol. The van der Waals surface area contributed by atoms with E-state index >= 15 is 0 Å². The molecule has 137 heavy (non-hydrogen) atoms. The number of aliphatic hydroxyl groups excluding tert-OH is 1. The number of unbranched alkanes of at least 4 members (excludes halogenated alkanes) is 1. The molecule has 21 rings (SSSR count). The van der Waals surface area contributed by atoms with Gasteiger partial charge in [-0.05, 0) is 222 Å². The van der Waals surface area contributed by atoms with Crippen molar-refractivity contribution < 1.29 is 131 Å². The fraction of sp³-hybridized carbons (Fsp3) is 0.350. The first-order chi connectivity index (χ1) is 64.6.